The fraction of sp³-hybridized carbons (Fsp3) is 0.417. The van der Waals surface area contributed by atoms with Gasteiger partial charge in [0.05, 0.1) is 22.8 Å². The van der Waals surface area contributed by atoms with Crippen LogP contribution in [0.3, 0.4) is 0 Å². The highest BCUT2D eigenvalue weighted by molar-refractivity contribution is 6.33. The number of benzene rings is 1. The maximum Gasteiger partial charge on any atom is 0.255 e. The molecule has 0 saturated heterocycles. The van der Waals surface area contributed by atoms with E-state index in [9.17, 15) is 4.79 Å². The fourth-order valence-electron chi connectivity index (χ4n) is 4.69. The standard InChI is InChI=1S/C24H26ClN3O2/c25-20-9-5-4-8-18(20)22-11-10-17(30-22)14-28-13-12-21-19(15-28)24(29)27-23(26-21)16-6-2-1-3-7-16/h4-5,8-11,16H,1-3,6-7,12-15H2,(H,26,27,29). The molecule has 2 aliphatic rings. The third-order valence-corrected chi connectivity index (χ3v) is 6.67. The first-order valence-electron chi connectivity index (χ1n) is 10.9. The second-order valence-corrected chi connectivity index (χ2v) is 8.83. The molecule has 0 bridgehead atoms. The molecular formula is C24H26ClN3O2. The van der Waals surface area contributed by atoms with Gasteiger partial charge in [0.25, 0.3) is 5.56 Å². The van der Waals surface area contributed by atoms with Crippen molar-refractivity contribution in [2.75, 3.05) is 6.54 Å². The first-order chi connectivity index (χ1) is 14.7. The summed E-state index contributed by atoms with van der Waals surface area (Å²) >= 11 is 6.29. The van der Waals surface area contributed by atoms with Gasteiger partial charge >= 0.3 is 0 Å². The van der Waals surface area contributed by atoms with Crippen molar-refractivity contribution in [2.24, 2.45) is 0 Å². The minimum atomic E-state index is 0.0291. The summed E-state index contributed by atoms with van der Waals surface area (Å²) in [6.45, 7) is 2.13. The van der Waals surface area contributed by atoms with Crippen molar-refractivity contribution in [1.82, 2.24) is 14.9 Å². The van der Waals surface area contributed by atoms with Crippen LogP contribution in [0.5, 0.6) is 0 Å². The van der Waals surface area contributed by atoms with Gasteiger partial charge in [-0.2, -0.15) is 0 Å². The van der Waals surface area contributed by atoms with Gasteiger partial charge in [0.15, 0.2) is 0 Å². The van der Waals surface area contributed by atoms with Gasteiger partial charge < -0.3 is 9.40 Å². The summed E-state index contributed by atoms with van der Waals surface area (Å²) in [5.41, 5.74) is 2.71. The van der Waals surface area contributed by atoms with Gasteiger partial charge in [-0.3, -0.25) is 9.69 Å². The lowest BCUT2D eigenvalue weighted by atomic mass is 9.88. The van der Waals surface area contributed by atoms with Crippen LogP contribution in [0.15, 0.2) is 45.6 Å². The Hall–Kier alpha value is -2.37. The van der Waals surface area contributed by atoms with E-state index in [1.54, 1.807) is 0 Å². The number of nitrogens with one attached hydrogen (secondary N) is 1. The van der Waals surface area contributed by atoms with Crippen LogP contribution < -0.4 is 5.56 Å². The van der Waals surface area contributed by atoms with Gasteiger partial charge in [-0.15, -0.1) is 0 Å². The van der Waals surface area contributed by atoms with Crippen molar-refractivity contribution in [3.63, 3.8) is 0 Å². The molecule has 5 nitrogen and oxygen atoms in total. The fourth-order valence-corrected chi connectivity index (χ4v) is 4.92. The van der Waals surface area contributed by atoms with Gasteiger partial charge in [0, 0.05) is 31.0 Å². The Morgan fingerprint density at radius 2 is 1.97 bits per heavy atom. The molecular weight excluding hydrogens is 398 g/mol. The van der Waals surface area contributed by atoms with Crippen LogP contribution in [-0.2, 0) is 19.5 Å². The minimum Gasteiger partial charge on any atom is -0.460 e. The van der Waals surface area contributed by atoms with Crippen molar-refractivity contribution in [1.29, 1.82) is 0 Å². The zero-order valence-corrected chi connectivity index (χ0v) is 17.8. The number of fused-ring (bicyclic) bond motifs is 1. The summed E-state index contributed by atoms with van der Waals surface area (Å²) in [6.07, 6.45) is 6.85. The van der Waals surface area contributed by atoms with Crippen molar-refractivity contribution in [3.05, 3.63) is 74.6 Å². The highest BCUT2D eigenvalue weighted by atomic mass is 35.5. The number of hydrogen-bond donors (Lipinski definition) is 1. The molecule has 1 aliphatic carbocycles. The molecule has 0 atom stereocenters. The molecule has 156 valence electrons. The highest BCUT2D eigenvalue weighted by Gasteiger charge is 2.25. The molecule has 1 fully saturated rings. The molecule has 5 rings (SSSR count). The topological polar surface area (TPSA) is 62.1 Å². The van der Waals surface area contributed by atoms with Crippen LogP contribution in [0.1, 0.15) is 60.9 Å². The summed E-state index contributed by atoms with van der Waals surface area (Å²) in [7, 11) is 0. The predicted octanol–water partition coefficient (Wildman–Crippen LogP) is 5.29. The summed E-state index contributed by atoms with van der Waals surface area (Å²) < 4.78 is 6.04. The molecule has 1 aliphatic heterocycles. The molecule has 0 unspecified atom stereocenters. The van der Waals surface area contributed by atoms with Crippen LogP contribution in [0, 0.1) is 0 Å². The zero-order chi connectivity index (χ0) is 20.5. The number of rotatable bonds is 4. The van der Waals surface area contributed by atoms with E-state index in [1.807, 2.05) is 36.4 Å². The Balaban J connectivity index is 1.31. The predicted molar refractivity (Wildman–Crippen MR) is 118 cm³/mol. The largest absolute Gasteiger partial charge is 0.460 e. The Bertz CT molecular complexity index is 1100. The highest BCUT2D eigenvalue weighted by Crippen LogP contribution is 2.32. The average Bonchev–Trinajstić information content (AvgIpc) is 3.23. The molecule has 3 heterocycles. The molecule has 1 N–H and O–H groups in total. The van der Waals surface area contributed by atoms with Crippen molar-refractivity contribution in [2.45, 2.75) is 57.5 Å². The molecule has 30 heavy (non-hydrogen) atoms. The maximum absolute atomic E-state index is 12.8. The van der Waals surface area contributed by atoms with E-state index in [1.165, 1.54) is 19.3 Å². The van der Waals surface area contributed by atoms with E-state index in [4.69, 9.17) is 21.0 Å². The number of H-pyrrole nitrogens is 1. The monoisotopic (exact) mass is 423 g/mol. The summed E-state index contributed by atoms with van der Waals surface area (Å²) in [5, 5.41) is 0.677. The first-order valence-corrected chi connectivity index (χ1v) is 11.2. The number of halogens is 1. The Morgan fingerprint density at radius 1 is 1.13 bits per heavy atom. The second kappa shape index (κ2) is 8.40. The molecule has 1 aromatic carbocycles. The molecule has 2 aromatic heterocycles. The van der Waals surface area contributed by atoms with E-state index >= 15 is 0 Å². The van der Waals surface area contributed by atoms with Crippen LogP contribution in [0.2, 0.25) is 5.02 Å². The van der Waals surface area contributed by atoms with Gasteiger partial charge in [-0.05, 0) is 37.1 Å². The molecule has 1 saturated carbocycles. The third-order valence-electron chi connectivity index (χ3n) is 6.34. The normalized spacial score (nSPS) is 17.8. The van der Waals surface area contributed by atoms with Gasteiger partial charge in [-0.25, -0.2) is 4.98 Å². The van der Waals surface area contributed by atoms with Crippen LogP contribution >= 0.6 is 11.6 Å². The van der Waals surface area contributed by atoms with Gasteiger partial charge in [0.2, 0.25) is 0 Å². The average molecular weight is 424 g/mol. The molecule has 0 amide bonds. The lowest BCUT2D eigenvalue weighted by Gasteiger charge is -2.28. The lowest BCUT2D eigenvalue weighted by molar-refractivity contribution is 0.222. The SMILES string of the molecule is O=c1[nH]c(C2CCCCC2)nc2c1CN(Cc1ccc(-c3ccccc3Cl)o1)CC2. The molecule has 3 aromatic rings. The van der Waals surface area contributed by atoms with Crippen LogP contribution in [0.4, 0.5) is 0 Å². The van der Waals surface area contributed by atoms with E-state index in [-0.39, 0.29) is 5.56 Å². The van der Waals surface area contributed by atoms with Gasteiger partial charge in [-0.1, -0.05) is 43.0 Å². The Labute approximate surface area is 181 Å². The first kappa shape index (κ1) is 19.6. The van der Waals surface area contributed by atoms with Crippen LogP contribution in [-0.4, -0.2) is 21.4 Å². The summed E-state index contributed by atoms with van der Waals surface area (Å²) in [4.78, 5) is 23.0. The quantitative estimate of drug-likeness (QED) is 0.619. The minimum absolute atomic E-state index is 0.0291. The van der Waals surface area contributed by atoms with Crippen molar-refractivity contribution >= 4 is 11.6 Å². The lowest BCUT2D eigenvalue weighted by Crippen LogP contribution is -2.36. The Morgan fingerprint density at radius 3 is 2.80 bits per heavy atom. The second-order valence-electron chi connectivity index (χ2n) is 8.42. The van der Waals surface area contributed by atoms with E-state index < -0.39 is 0 Å². The summed E-state index contributed by atoms with van der Waals surface area (Å²) in [5.74, 6) is 2.96. The molecule has 0 radical (unpaired) electrons. The van der Waals surface area contributed by atoms with Crippen molar-refractivity contribution in [3.8, 4) is 11.3 Å². The number of furan rings is 1. The number of aromatic amines is 1. The number of aromatic nitrogens is 2. The van der Waals surface area contributed by atoms with Gasteiger partial charge in [0.1, 0.15) is 17.3 Å². The maximum atomic E-state index is 12.8. The Kier molecular flexibility index (Phi) is 5.48. The molecule has 6 heteroatoms. The van der Waals surface area contributed by atoms with E-state index in [0.29, 0.717) is 24.0 Å². The third kappa shape index (κ3) is 3.96. The number of hydrogen-bond acceptors (Lipinski definition) is 4. The molecule has 0 spiro atoms. The smallest absolute Gasteiger partial charge is 0.255 e. The van der Waals surface area contributed by atoms with Crippen molar-refractivity contribution < 1.29 is 4.42 Å². The van der Waals surface area contributed by atoms with E-state index in [2.05, 4.69) is 9.88 Å². The van der Waals surface area contributed by atoms with E-state index in [0.717, 1.165) is 60.0 Å². The number of nitrogens with zero attached hydrogens (tertiary/aromatic N) is 2. The zero-order valence-electron chi connectivity index (χ0n) is 17.0. The van der Waals surface area contributed by atoms with Crippen LogP contribution in [0.25, 0.3) is 11.3 Å². The summed E-state index contributed by atoms with van der Waals surface area (Å²) in [6, 6.07) is 11.6.